The SMILES string of the molecule is N#Cc1cnc2ccc(F)cc2c1N1CCC(C(=O)NCc2ccccc2F)CC1. The second kappa shape index (κ2) is 8.46. The van der Waals surface area contributed by atoms with Crippen molar-refractivity contribution in [3.8, 4) is 6.07 Å². The summed E-state index contributed by atoms with van der Waals surface area (Å²) in [6.07, 6.45) is 2.68. The molecule has 0 bridgehead atoms. The van der Waals surface area contributed by atoms with Gasteiger partial charge in [0.2, 0.25) is 5.91 Å². The predicted molar refractivity (Wildman–Crippen MR) is 110 cm³/mol. The molecule has 1 aliphatic rings. The van der Waals surface area contributed by atoms with Crippen molar-refractivity contribution in [2.75, 3.05) is 18.0 Å². The molecule has 0 radical (unpaired) electrons. The maximum Gasteiger partial charge on any atom is 0.223 e. The van der Waals surface area contributed by atoms with Gasteiger partial charge in [0.1, 0.15) is 17.7 Å². The molecule has 30 heavy (non-hydrogen) atoms. The van der Waals surface area contributed by atoms with Crippen molar-refractivity contribution in [2.45, 2.75) is 19.4 Å². The highest BCUT2D eigenvalue weighted by Gasteiger charge is 2.27. The number of fused-ring (bicyclic) bond motifs is 1. The first-order chi connectivity index (χ1) is 14.6. The average Bonchev–Trinajstić information content (AvgIpc) is 2.77. The van der Waals surface area contributed by atoms with Gasteiger partial charge in [0.25, 0.3) is 0 Å². The van der Waals surface area contributed by atoms with Crippen LogP contribution in [0.1, 0.15) is 24.0 Å². The van der Waals surface area contributed by atoms with E-state index in [-0.39, 0.29) is 30.0 Å². The Hall–Kier alpha value is -3.53. The molecule has 0 unspecified atom stereocenters. The Bertz CT molecular complexity index is 1130. The van der Waals surface area contributed by atoms with Gasteiger partial charge in [-0.15, -0.1) is 0 Å². The topological polar surface area (TPSA) is 69.0 Å². The lowest BCUT2D eigenvalue weighted by Crippen LogP contribution is -2.40. The summed E-state index contributed by atoms with van der Waals surface area (Å²) in [4.78, 5) is 18.8. The van der Waals surface area contributed by atoms with Crippen LogP contribution < -0.4 is 10.2 Å². The van der Waals surface area contributed by atoms with Gasteiger partial charge >= 0.3 is 0 Å². The summed E-state index contributed by atoms with van der Waals surface area (Å²) in [6, 6.07) is 12.8. The Kier molecular flexibility index (Phi) is 5.57. The van der Waals surface area contributed by atoms with Crippen molar-refractivity contribution >= 4 is 22.5 Å². The Morgan fingerprint density at radius 3 is 2.70 bits per heavy atom. The van der Waals surface area contributed by atoms with Crippen LogP contribution in [-0.4, -0.2) is 24.0 Å². The molecule has 1 N–H and O–H groups in total. The number of nitrogens with one attached hydrogen (secondary N) is 1. The van der Waals surface area contributed by atoms with E-state index in [9.17, 15) is 18.8 Å². The monoisotopic (exact) mass is 406 g/mol. The standard InChI is InChI=1S/C23H20F2N4O/c24-18-5-6-21-19(11-18)22(17(12-26)14-27-21)29-9-7-15(8-10-29)23(30)28-13-16-3-1-2-4-20(16)25/h1-6,11,14-15H,7-10,13H2,(H,28,30). The third-order valence-corrected chi connectivity index (χ3v) is 5.51. The zero-order valence-electron chi connectivity index (χ0n) is 16.2. The lowest BCUT2D eigenvalue weighted by molar-refractivity contribution is -0.125. The van der Waals surface area contributed by atoms with Crippen molar-refractivity contribution in [2.24, 2.45) is 5.92 Å². The number of anilines is 1. The van der Waals surface area contributed by atoms with Gasteiger partial charge in [0.05, 0.1) is 16.8 Å². The van der Waals surface area contributed by atoms with Gasteiger partial charge < -0.3 is 10.2 Å². The summed E-state index contributed by atoms with van der Waals surface area (Å²) in [6.45, 7) is 1.27. The number of aromatic nitrogens is 1. The Balaban J connectivity index is 1.46. The summed E-state index contributed by atoms with van der Waals surface area (Å²) in [5.41, 5.74) is 2.12. The van der Waals surface area contributed by atoms with E-state index in [2.05, 4.69) is 16.4 Å². The zero-order chi connectivity index (χ0) is 21.1. The van der Waals surface area contributed by atoms with Crippen LogP contribution in [0.4, 0.5) is 14.5 Å². The maximum atomic E-state index is 13.8. The molecule has 0 saturated carbocycles. The van der Waals surface area contributed by atoms with Gasteiger partial charge in [0, 0.05) is 42.7 Å². The average molecular weight is 406 g/mol. The zero-order valence-corrected chi connectivity index (χ0v) is 16.2. The molecule has 5 nitrogen and oxygen atoms in total. The quantitative estimate of drug-likeness (QED) is 0.713. The minimum absolute atomic E-state index is 0.107. The summed E-state index contributed by atoms with van der Waals surface area (Å²) < 4.78 is 27.6. The molecule has 0 atom stereocenters. The Labute approximate surface area is 172 Å². The largest absolute Gasteiger partial charge is 0.370 e. The summed E-state index contributed by atoms with van der Waals surface area (Å²) in [5.74, 6) is -1.02. The molecule has 4 rings (SSSR count). The lowest BCUT2D eigenvalue weighted by Gasteiger charge is -2.34. The summed E-state index contributed by atoms with van der Waals surface area (Å²) in [7, 11) is 0. The van der Waals surface area contributed by atoms with Crippen molar-refractivity contribution in [3.05, 3.63) is 71.4 Å². The molecule has 1 aliphatic heterocycles. The highest BCUT2D eigenvalue weighted by molar-refractivity contribution is 5.94. The number of amides is 1. The van der Waals surface area contributed by atoms with Crippen molar-refractivity contribution in [3.63, 3.8) is 0 Å². The number of halogens is 2. The smallest absolute Gasteiger partial charge is 0.223 e. The fourth-order valence-corrected chi connectivity index (χ4v) is 3.91. The molecule has 7 heteroatoms. The van der Waals surface area contributed by atoms with Crippen LogP contribution in [0.3, 0.4) is 0 Å². The molecule has 3 aromatic rings. The van der Waals surface area contributed by atoms with Gasteiger partial charge in [-0.25, -0.2) is 8.78 Å². The second-order valence-electron chi connectivity index (χ2n) is 7.36. The Morgan fingerprint density at radius 1 is 1.20 bits per heavy atom. The fourth-order valence-electron chi connectivity index (χ4n) is 3.91. The molecule has 1 amide bonds. The number of hydrogen-bond acceptors (Lipinski definition) is 4. The number of piperidine rings is 1. The molecular weight excluding hydrogens is 386 g/mol. The molecule has 2 aromatic carbocycles. The molecule has 152 valence electrons. The molecule has 2 heterocycles. The van der Waals surface area contributed by atoms with E-state index in [0.29, 0.717) is 53.6 Å². The normalized spacial score (nSPS) is 14.5. The van der Waals surface area contributed by atoms with E-state index in [1.165, 1.54) is 24.4 Å². The van der Waals surface area contributed by atoms with Gasteiger partial charge in [0.15, 0.2) is 0 Å². The highest BCUT2D eigenvalue weighted by atomic mass is 19.1. The predicted octanol–water partition coefficient (Wildman–Crippen LogP) is 3.92. The van der Waals surface area contributed by atoms with Gasteiger partial charge in [-0.2, -0.15) is 5.26 Å². The molecule has 1 aromatic heterocycles. The van der Waals surface area contributed by atoms with Crippen LogP contribution in [0, 0.1) is 28.9 Å². The van der Waals surface area contributed by atoms with Crippen LogP contribution in [0.2, 0.25) is 0 Å². The Morgan fingerprint density at radius 2 is 1.97 bits per heavy atom. The van der Waals surface area contributed by atoms with E-state index in [0.717, 1.165) is 0 Å². The highest BCUT2D eigenvalue weighted by Crippen LogP contribution is 2.33. The van der Waals surface area contributed by atoms with Gasteiger partial charge in [-0.05, 0) is 37.1 Å². The molecule has 1 saturated heterocycles. The van der Waals surface area contributed by atoms with Crippen LogP contribution in [-0.2, 0) is 11.3 Å². The number of nitriles is 1. The number of nitrogens with zero attached hydrogens (tertiary/aromatic N) is 3. The number of rotatable bonds is 4. The number of benzene rings is 2. The summed E-state index contributed by atoms with van der Waals surface area (Å²) >= 11 is 0. The molecular formula is C23H20F2N4O. The first-order valence-corrected chi connectivity index (χ1v) is 9.81. The third-order valence-electron chi connectivity index (χ3n) is 5.51. The first-order valence-electron chi connectivity index (χ1n) is 9.81. The summed E-state index contributed by atoms with van der Waals surface area (Å²) in [5, 5.41) is 12.9. The molecule has 0 aliphatic carbocycles. The van der Waals surface area contributed by atoms with Crippen molar-refractivity contribution < 1.29 is 13.6 Å². The van der Waals surface area contributed by atoms with E-state index >= 15 is 0 Å². The maximum absolute atomic E-state index is 13.8. The van der Waals surface area contributed by atoms with Gasteiger partial charge in [-0.3, -0.25) is 9.78 Å². The van der Waals surface area contributed by atoms with Gasteiger partial charge in [-0.1, -0.05) is 18.2 Å². The molecule has 0 spiro atoms. The van der Waals surface area contributed by atoms with E-state index in [4.69, 9.17) is 0 Å². The van der Waals surface area contributed by atoms with Crippen LogP contribution in [0.5, 0.6) is 0 Å². The van der Waals surface area contributed by atoms with Crippen LogP contribution in [0.25, 0.3) is 10.9 Å². The second-order valence-corrected chi connectivity index (χ2v) is 7.36. The number of hydrogen-bond donors (Lipinski definition) is 1. The fraction of sp³-hybridized carbons (Fsp3) is 0.261. The number of carbonyl (C=O) groups excluding carboxylic acids is 1. The van der Waals surface area contributed by atoms with Crippen molar-refractivity contribution in [1.29, 1.82) is 5.26 Å². The van der Waals surface area contributed by atoms with Crippen molar-refractivity contribution in [1.82, 2.24) is 10.3 Å². The minimum atomic E-state index is -0.386. The molecule has 1 fully saturated rings. The van der Waals surface area contributed by atoms with Crippen LogP contribution >= 0.6 is 0 Å². The minimum Gasteiger partial charge on any atom is -0.370 e. The first kappa shape index (κ1) is 19.8. The number of pyridine rings is 1. The van der Waals surface area contributed by atoms with E-state index < -0.39 is 0 Å². The number of carbonyl (C=O) groups is 1. The van der Waals surface area contributed by atoms with E-state index in [1.807, 2.05) is 4.90 Å². The van der Waals surface area contributed by atoms with E-state index in [1.54, 1.807) is 24.3 Å². The van der Waals surface area contributed by atoms with Crippen LogP contribution in [0.15, 0.2) is 48.7 Å². The third kappa shape index (κ3) is 3.94. The lowest BCUT2D eigenvalue weighted by atomic mass is 9.94.